The first-order valence-corrected chi connectivity index (χ1v) is 5.15. The molecule has 0 aliphatic carbocycles. The Morgan fingerprint density at radius 1 is 1.54 bits per heavy atom. The fourth-order valence-corrected chi connectivity index (χ4v) is 2.52. The molecule has 1 aromatic rings. The molecule has 13 heavy (non-hydrogen) atoms. The van der Waals surface area contributed by atoms with Crippen molar-refractivity contribution >= 4 is 11.8 Å². The Kier molecular flexibility index (Phi) is 2.53. The first-order chi connectivity index (χ1) is 6.27. The van der Waals surface area contributed by atoms with Crippen molar-refractivity contribution in [2.75, 3.05) is 12.3 Å². The Hall–Kier alpha value is -0.580. The van der Waals surface area contributed by atoms with E-state index in [4.69, 9.17) is 0 Å². The highest BCUT2D eigenvalue weighted by Crippen LogP contribution is 2.36. The van der Waals surface area contributed by atoms with Crippen LogP contribution < -0.4 is 0 Å². The second-order valence-electron chi connectivity index (χ2n) is 2.94. The van der Waals surface area contributed by atoms with E-state index in [-0.39, 0.29) is 11.2 Å². The molecule has 4 heteroatoms. The van der Waals surface area contributed by atoms with Crippen molar-refractivity contribution in [3.63, 3.8) is 0 Å². The van der Waals surface area contributed by atoms with Gasteiger partial charge in [0.15, 0.2) is 0 Å². The van der Waals surface area contributed by atoms with E-state index in [2.05, 4.69) is 0 Å². The van der Waals surface area contributed by atoms with Crippen LogP contribution >= 0.6 is 11.8 Å². The third-order valence-corrected chi connectivity index (χ3v) is 3.25. The van der Waals surface area contributed by atoms with Gasteiger partial charge in [0.2, 0.25) is 0 Å². The molecule has 1 aromatic carbocycles. The number of nitrogens with zero attached hydrogens (tertiary/aromatic N) is 1. The van der Waals surface area contributed by atoms with E-state index in [1.54, 1.807) is 17.8 Å². The predicted molar refractivity (Wildman–Crippen MR) is 50.1 cm³/mol. The van der Waals surface area contributed by atoms with E-state index in [9.17, 15) is 9.60 Å². The number of rotatable bonds is 1. The molecule has 1 atom stereocenters. The molecule has 0 unspecified atom stereocenters. The summed E-state index contributed by atoms with van der Waals surface area (Å²) in [5.74, 6) is 0.635. The Balaban J connectivity index is 2.24. The first kappa shape index (κ1) is 8.99. The molecule has 0 spiro atoms. The molecule has 1 fully saturated rings. The number of thioether (sulfide) groups is 1. The summed E-state index contributed by atoms with van der Waals surface area (Å²) in [5.41, 5.74) is 0.824. The highest BCUT2D eigenvalue weighted by Gasteiger charge is 2.25. The summed E-state index contributed by atoms with van der Waals surface area (Å²) in [4.78, 5) is 0. The van der Waals surface area contributed by atoms with Crippen LogP contribution in [0, 0.1) is 5.82 Å². The van der Waals surface area contributed by atoms with Crippen molar-refractivity contribution in [1.29, 1.82) is 0 Å². The minimum absolute atomic E-state index is 0.101. The van der Waals surface area contributed by atoms with Crippen molar-refractivity contribution in [3.05, 3.63) is 35.6 Å². The van der Waals surface area contributed by atoms with Crippen LogP contribution in [0.2, 0.25) is 0 Å². The summed E-state index contributed by atoms with van der Waals surface area (Å²) in [6.07, 6.45) is 0. The topological polar surface area (TPSA) is 23.5 Å². The van der Waals surface area contributed by atoms with Gasteiger partial charge < -0.3 is 5.21 Å². The van der Waals surface area contributed by atoms with Crippen LogP contribution in [0.25, 0.3) is 0 Å². The molecule has 70 valence electrons. The highest BCUT2D eigenvalue weighted by atomic mass is 32.2. The smallest absolute Gasteiger partial charge is 0.123 e. The van der Waals surface area contributed by atoms with Crippen molar-refractivity contribution in [2.24, 2.45) is 0 Å². The lowest BCUT2D eigenvalue weighted by atomic mass is 10.2. The van der Waals surface area contributed by atoms with Gasteiger partial charge in [0.05, 0.1) is 0 Å². The second-order valence-corrected chi connectivity index (χ2v) is 4.13. The quantitative estimate of drug-likeness (QED) is 0.750. The van der Waals surface area contributed by atoms with Gasteiger partial charge in [-0.2, -0.15) is 5.06 Å². The fraction of sp³-hybridized carbons (Fsp3) is 0.333. The molecule has 0 amide bonds. The van der Waals surface area contributed by atoms with Crippen LogP contribution in [0.15, 0.2) is 24.3 Å². The third-order valence-electron chi connectivity index (χ3n) is 2.00. The molecule has 0 bridgehead atoms. The molecule has 2 rings (SSSR count). The van der Waals surface area contributed by atoms with Gasteiger partial charge in [-0.3, -0.25) is 0 Å². The van der Waals surface area contributed by atoms with Gasteiger partial charge in [-0.15, -0.1) is 11.8 Å². The van der Waals surface area contributed by atoms with Crippen LogP contribution in [0.1, 0.15) is 10.9 Å². The van der Waals surface area contributed by atoms with E-state index < -0.39 is 0 Å². The highest BCUT2D eigenvalue weighted by molar-refractivity contribution is 7.99. The standard InChI is InChI=1S/C9H10FNOS/c10-8-3-1-2-7(6-8)9-11(12)4-5-13-9/h1-3,6,9,12H,4-5H2/t9-/m0/s1. The Morgan fingerprint density at radius 3 is 3.00 bits per heavy atom. The summed E-state index contributed by atoms with van der Waals surface area (Å²) in [6, 6.07) is 6.36. The summed E-state index contributed by atoms with van der Waals surface area (Å²) in [7, 11) is 0. The molecular formula is C9H10FNOS. The monoisotopic (exact) mass is 199 g/mol. The lowest BCUT2D eigenvalue weighted by molar-refractivity contribution is -0.0902. The average Bonchev–Trinajstić information content (AvgIpc) is 2.51. The summed E-state index contributed by atoms with van der Waals surface area (Å²) in [5, 5.41) is 10.6. The molecule has 1 aliphatic heterocycles. The molecule has 1 aliphatic rings. The number of hydrogen-bond acceptors (Lipinski definition) is 3. The summed E-state index contributed by atoms with van der Waals surface area (Å²) in [6.45, 7) is 0.645. The van der Waals surface area contributed by atoms with Gasteiger partial charge in [0.25, 0.3) is 0 Å². The van der Waals surface area contributed by atoms with E-state index in [0.717, 1.165) is 11.3 Å². The lowest BCUT2D eigenvalue weighted by Crippen LogP contribution is -2.17. The second kappa shape index (κ2) is 3.65. The largest absolute Gasteiger partial charge is 0.313 e. The van der Waals surface area contributed by atoms with Crippen molar-refractivity contribution in [3.8, 4) is 0 Å². The summed E-state index contributed by atoms with van der Waals surface area (Å²) < 4.78 is 12.8. The van der Waals surface area contributed by atoms with Gasteiger partial charge in [0, 0.05) is 12.3 Å². The minimum atomic E-state index is -0.251. The Bertz CT molecular complexity index is 307. The molecular weight excluding hydrogens is 189 g/mol. The normalized spacial score (nSPS) is 23.7. The van der Waals surface area contributed by atoms with Gasteiger partial charge in [-0.05, 0) is 17.7 Å². The van der Waals surface area contributed by atoms with Gasteiger partial charge in [0.1, 0.15) is 11.2 Å². The Morgan fingerprint density at radius 2 is 2.38 bits per heavy atom. The Labute approximate surface area is 80.3 Å². The number of halogens is 1. The molecule has 0 saturated carbocycles. The zero-order valence-corrected chi connectivity index (χ0v) is 7.80. The van der Waals surface area contributed by atoms with Crippen molar-refractivity contribution in [1.82, 2.24) is 5.06 Å². The van der Waals surface area contributed by atoms with Crippen LogP contribution in [-0.2, 0) is 0 Å². The number of benzene rings is 1. The average molecular weight is 199 g/mol. The minimum Gasteiger partial charge on any atom is -0.313 e. The molecule has 1 heterocycles. The van der Waals surface area contributed by atoms with E-state index in [1.165, 1.54) is 17.2 Å². The van der Waals surface area contributed by atoms with Crippen LogP contribution in [0.3, 0.4) is 0 Å². The fourth-order valence-electron chi connectivity index (χ4n) is 1.39. The maximum absolute atomic E-state index is 12.8. The first-order valence-electron chi connectivity index (χ1n) is 4.10. The molecule has 0 aromatic heterocycles. The van der Waals surface area contributed by atoms with Crippen LogP contribution in [0.4, 0.5) is 4.39 Å². The zero-order chi connectivity index (χ0) is 9.26. The summed E-state index contributed by atoms with van der Waals surface area (Å²) >= 11 is 1.62. The molecule has 1 N–H and O–H groups in total. The van der Waals surface area contributed by atoms with E-state index >= 15 is 0 Å². The zero-order valence-electron chi connectivity index (χ0n) is 6.98. The van der Waals surface area contributed by atoms with Gasteiger partial charge in [-0.25, -0.2) is 4.39 Å². The van der Waals surface area contributed by atoms with E-state index in [1.807, 2.05) is 6.07 Å². The predicted octanol–water partition coefficient (Wildman–Crippen LogP) is 2.26. The third kappa shape index (κ3) is 1.85. The van der Waals surface area contributed by atoms with Crippen LogP contribution in [-0.4, -0.2) is 22.6 Å². The molecule has 1 saturated heterocycles. The lowest BCUT2D eigenvalue weighted by Gasteiger charge is -2.16. The van der Waals surface area contributed by atoms with Crippen molar-refractivity contribution in [2.45, 2.75) is 5.37 Å². The number of hydrogen-bond donors (Lipinski definition) is 1. The SMILES string of the molecule is ON1CCS[C@H]1c1cccc(F)c1. The molecule has 2 nitrogen and oxygen atoms in total. The molecule has 0 radical (unpaired) electrons. The number of hydroxylamine groups is 2. The van der Waals surface area contributed by atoms with Crippen LogP contribution in [0.5, 0.6) is 0 Å². The van der Waals surface area contributed by atoms with Gasteiger partial charge in [-0.1, -0.05) is 12.1 Å². The van der Waals surface area contributed by atoms with Gasteiger partial charge >= 0.3 is 0 Å². The maximum atomic E-state index is 12.8. The maximum Gasteiger partial charge on any atom is 0.123 e. The van der Waals surface area contributed by atoms with Crippen molar-refractivity contribution < 1.29 is 9.60 Å². The van der Waals surface area contributed by atoms with E-state index in [0.29, 0.717) is 6.54 Å².